The molecule has 1 fully saturated rings. The van der Waals surface area contributed by atoms with Gasteiger partial charge < -0.3 is 20.8 Å². The molecule has 0 spiro atoms. The summed E-state index contributed by atoms with van der Waals surface area (Å²) < 4.78 is 13.5. The molecule has 1 saturated carbocycles. The Hall–Kier alpha value is -2.15. The third-order valence-electron chi connectivity index (χ3n) is 3.52. The molecule has 0 bridgehead atoms. The molecular formula is C14H17FN2O4. The minimum Gasteiger partial charge on any atom is -0.478 e. The van der Waals surface area contributed by atoms with Crippen molar-refractivity contribution in [2.24, 2.45) is 0 Å². The maximum absolute atomic E-state index is 13.5. The number of nitrogens with one attached hydrogen (secondary N) is 2. The van der Waals surface area contributed by atoms with Crippen molar-refractivity contribution in [1.29, 1.82) is 0 Å². The highest BCUT2D eigenvalue weighted by atomic mass is 19.1. The molecule has 0 heterocycles. The maximum Gasteiger partial charge on any atom is 0.340 e. The fraction of sp³-hybridized carbons (Fsp3) is 0.429. The molecule has 0 aliphatic heterocycles. The molecule has 21 heavy (non-hydrogen) atoms. The molecule has 2 amide bonds. The summed E-state index contributed by atoms with van der Waals surface area (Å²) >= 11 is 0. The number of hydrogen-bond donors (Lipinski definition) is 4. The van der Waals surface area contributed by atoms with Crippen molar-refractivity contribution < 1.29 is 24.2 Å². The van der Waals surface area contributed by atoms with Gasteiger partial charge in [-0.15, -0.1) is 0 Å². The predicted molar refractivity (Wildman–Crippen MR) is 73.8 cm³/mol. The van der Waals surface area contributed by atoms with Crippen molar-refractivity contribution in [3.05, 3.63) is 29.6 Å². The Kier molecular flexibility index (Phi) is 4.74. The fourth-order valence-electron chi connectivity index (χ4n) is 2.45. The van der Waals surface area contributed by atoms with E-state index in [4.69, 9.17) is 5.11 Å². The smallest absolute Gasteiger partial charge is 0.340 e. The number of carbonyl (C=O) groups excluding carboxylic acids is 1. The second-order valence-electron chi connectivity index (χ2n) is 5.02. The van der Waals surface area contributed by atoms with Crippen LogP contribution in [0.15, 0.2) is 18.2 Å². The number of aliphatic hydroxyl groups excluding tert-OH is 1. The summed E-state index contributed by atoms with van der Waals surface area (Å²) in [7, 11) is 0. The lowest BCUT2D eigenvalue weighted by molar-refractivity contribution is 0.0693. The number of carboxylic acid groups (broad SMARTS) is 1. The SMILES string of the molecule is O=C(Nc1cccc(F)c1C(=O)O)NC1CCCCC1O. The molecule has 2 atom stereocenters. The zero-order valence-corrected chi connectivity index (χ0v) is 11.3. The van der Waals surface area contributed by atoms with Gasteiger partial charge in [-0.25, -0.2) is 14.0 Å². The van der Waals surface area contributed by atoms with E-state index >= 15 is 0 Å². The van der Waals surface area contributed by atoms with Crippen molar-refractivity contribution in [1.82, 2.24) is 5.32 Å². The molecule has 1 aliphatic rings. The minimum atomic E-state index is -1.46. The van der Waals surface area contributed by atoms with E-state index < -0.39 is 29.5 Å². The molecule has 114 valence electrons. The van der Waals surface area contributed by atoms with E-state index in [0.29, 0.717) is 12.8 Å². The topological polar surface area (TPSA) is 98.7 Å². The second-order valence-corrected chi connectivity index (χ2v) is 5.02. The van der Waals surface area contributed by atoms with E-state index in [2.05, 4.69) is 10.6 Å². The van der Waals surface area contributed by atoms with E-state index in [1.807, 2.05) is 0 Å². The lowest BCUT2D eigenvalue weighted by atomic mass is 9.93. The van der Waals surface area contributed by atoms with Gasteiger partial charge in [0.1, 0.15) is 11.4 Å². The number of benzene rings is 1. The average molecular weight is 296 g/mol. The Morgan fingerprint density at radius 3 is 2.62 bits per heavy atom. The number of aliphatic hydroxyl groups is 1. The van der Waals surface area contributed by atoms with Gasteiger partial charge in [-0.2, -0.15) is 0 Å². The minimum absolute atomic E-state index is 0.120. The summed E-state index contributed by atoms with van der Waals surface area (Å²) in [5.41, 5.74) is -0.706. The first-order valence-corrected chi connectivity index (χ1v) is 6.76. The average Bonchev–Trinajstić information content (AvgIpc) is 2.41. The van der Waals surface area contributed by atoms with Crippen LogP contribution in [-0.4, -0.2) is 34.4 Å². The van der Waals surface area contributed by atoms with Crippen molar-refractivity contribution in [2.45, 2.75) is 37.8 Å². The van der Waals surface area contributed by atoms with Crippen LogP contribution in [0.25, 0.3) is 0 Å². The summed E-state index contributed by atoms with van der Waals surface area (Å²) in [6.45, 7) is 0. The number of halogens is 1. The van der Waals surface area contributed by atoms with Crippen LogP contribution in [0.4, 0.5) is 14.9 Å². The van der Waals surface area contributed by atoms with Crippen LogP contribution in [0, 0.1) is 5.82 Å². The third-order valence-corrected chi connectivity index (χ3v) is 3.52. The highest BCUT2D eigenvalue weighted by Gasteiger charge is 2.25. The molecule has 2 rings (SSSR count). The van der Waals surface area contributed by atoms with Crippen LogP contribution in [0.5, 0.6) is 0 Å². The Labute approximate surface area is 121 Å². The number of carbonyl (C=O) groups is 2. The molecule has 2 unspecified atom stereocenters. The maximum atomic E-state index is 13.5. The van der Waals surface area contributed by atoms with Gasteiger partial charge in [-0.1, -0.05) is 18.9 Å². The number of aromatic carboxylic acids is 1. The van der Waals surface area contributed by atoms with Gasteiger partial charge in [-0.3, -0.25) is 0 Å². The Morgan fingerprint density at radius 1 is 1.24 bits per heavy atom. The van der Waals surface area contributed by atoms with Crippen molar-refractivity contribution >= 4 is 17.7 Å². The standard InChI is InChI=1S/C14H17FN2O4/c15-8-4-3-6-10(12(8)13(19)20)17-14(21)16-9-5-1-2-7-11(9)18/h3-4,6,9,11,18H,1-2,5,7H2,(H,19,20)(H2,16,17,21). The molecule has 1 aliphatic carbocycles. The first-order chi connectivity index (χ1) is 9.99. The van der Waals surface area contributed by atoms with Gasteiger partial charge in [0, 0.05) is 0 Å². The Bertz CT molecular complexity index is 550. The fourth-order valence-corrected chi connectivity index (χ4v) is 2.45. The molecular weight excluding hydrogens is 279 g/mol. The summed E-state index contributed by atoms with van der Waals surface area (Å²) in [4.78, 5) is 22.9. The summed E-state index contributed by atoms with van der Waals surface area (Å²) in [5.74, 6) is -2.38. The van der Waals surface area contributed by atoms with E-state index in [0.717, 1.165) is 18.9 Å². The molecule has 7 heteroatoms. The first-order valence-electron chi connectivity index (χ1n) is 6.76. The lowest BCUT2D eigenvalue weighted by Gasteiger charge is -2.28. The van der Waals surface area contributed by atoms with Gasteiger partial charge in [0.05, 0.1) is 17.8 Å². The molecule has 1 aromatic carbocycles. The molecule has 4 N–H and O–H groups in total. The summed E-state index contributed by atoms with van der Waals surface area (Å²) in [6.07, 6.45) is 2.47. The molecule has 0 aromatic heterocycles. The number of hydrogen-bond acceptors (Lipinski definition) is 3. The van der Waals surface area contributed by atoms with E-state index in [1.165, 1.54) is 12.1 Å². The Morgan fingerprint density at radius 2 is 1.95 bits per heavy atom. The predicted octanol–water partition coefficient (Wildman–Crippen LogP) is 1.95. The Balaban J connectivity index is 2.06. The van der Waals surface area contributed by atoms with Crippen LogP contribution in [0.1, 0.15) is 36.0 Å². The number of carboxylic acids is 1. The van der Waals surface area contributed by atoms with Crippen LogP contribution in [0.2, 0.25) is 0 Å². The number of urea groups is 1. The molecule has 0 saturated heterocycles. The van der Waals surface area contributed by atoms with Gasteiger partial charge in [0.2, 0.25) is 0 Å². The normalized spacial score (nSPS) is 21.6. The van der Waals surface area contributed by atoms with E-state index in [-0.39, 0.29) is 11.7 Å². The highest BCUT2D eigenvalue weighted by molar-refractivity contribution is 6.00. The second kappa shape index (κ2) is 6.53. The first kappa shape index (κ1) is 15.2. The number of amides is 2. The van der Waals surface area contributed by atoms with Crippen LogP contribution in [0.3, 0.4) is 0 Å². The highest BCUT2D eigenvalue weighted by Crippen LogP contribution is 2.20. The molecule has 0 radical (unpaired) electrons. The molecule has 6 nitrogen and oxygen atoms in total. The van der Waals surface area contributed by atoms with Gasteiger partial charge in [-0.05, 0) is 25.0 Å². The lowest BCUT2D eigenvalue weighted by Crippen LogP contribution is -2.46. The summed E-state index contributed by atoms with van der Waals surface area (Å²) in [6, 6.07) is 2.60. The van der Waals surface area contributed by atoms with Crippen LogP contribution >= 0.6 is 0 Å². The van der Waals surface area contributed by atoms with Gasteiger partial charge in [0.15, 0.2) is 0 Å². The van der Waals surface area contributed by atoms with Crippen LogP contribution in [-0.2, 0) is 0 Å². The number of anilines is 1. The van der Waals surface area contributed by atoms with Crippen molar-refractivity contribution in [3.8, 4) is 0 Å². The third kappa shape index (κ3) is 3.69. The zero-order chi connectivity index (χ0) is 15.4. The largest absolute Gasteiger partial charge is 0.478 e. The van der Waals surface area contributed by atoms with E-state index in [9.17, 15) is 19.1 Å². The summed E-state index contributed by atoms with van der Waals surface area (Å²) in [5, 5.41) is 23.7. The monoisotopic (exact) mass is 296 g/mol. The quantitative estimate of drug-likeness (QED) is 0.685. The number of rotatable bonds is 3. The van der Waals surface area contributed by atoms with Gasteiger partial charge >= 0.3 is 12.0 Å². The van der Waals surface area contributed by atoms with E-state index in [1.54, 1.807) is 0 Å². The molecule has 1 aromatic rings. The van der Waals surface area contributed by atoms with Crippen molar-refractivity contribution in [2.75, 3.05) is 5.32 Å². The van der Waals surface area contributed by atoms with Crippen LogP contribution < -0.4 is 10.6 Å². The van der Waals surface area contributed by atoms with Crippen molar-refractivity contribution in [3.63, 3.8) is 0 Å². The zero-order valence-electron chi connectivity index (χ0n) is 11.3. The van der Waals surface area contributed by atoms with Gasteiger partial charge in [0.25, 0.3) is 0 Å².